The minimum Gasteiger partial charge on any atom is -0.457 e. The highest BCUT2D eigenvalue weighted by Gasteiger charge is 2.03. The van der Waals surface area contributed by atoms with E-state index in [1.54, 1.807) is 0 Å². The van der Waals surface area contributed by atoms with Crippen LogP contribution in [0.1, 0.15) is 12.5 Å². The molecule has 0 unspecified atom stereocenters. The molecule has 0 aliphatic heterocycles. The average Bonchev–Trinajstić information content (AvgIpc) is 2.39. The van der Waals surface area contributed by atoms with Crippen LogP contribution in [0, 0.1) is 0 Å². The molecule has 0 fully saturated rings. The van der Waals surface area contributed by atoms with E-state index < -0.39 is 0 Å². The number of benzene rings is 2. The second kappa shape index (κ2) is 6.43. The maximum absolute atomic E-state index is 6.21. The van der Waals surface area contributed by atoms with Crippen molar-refractivity contribution >= 4 is 11.6 Å². The van der Waals surface area contributed by atoms with E-state index in [0.717, 1.165) is 35.2 Å². The highest BCUT2D eigenvalue weighted by molar-refractivity contribution is 6.31. The zero-order valence-corrected chi connectivity index (χ0v) is 11.1. The Morgan fingerprint density at radius 2 is 1.83 bits per heavy atom. The second-order valence-corrected chi connectivity index (χ2v) is 4.36. The molecule has 2 rings (SSSR count). The number of hydrogen-bond donors (Lipinski definition) is 1. The van der Waals surface area contributed by atoms with Gasteiger partial charge in [-0.1, -0.05) is 42.8 Å². The van der Waals surface area contributed by atoms with Crippen LogP contribution in [-0.2, 0) is 6.54 Å². The van der Waals surface area contributed by atoms with E-state index in [0.29, 0.717) is 0 Å². The number of nitrogens with one attached hydrogen (secondary N) is 1. The fourth-order valence-corrected chi connectivity index (χ4v) is 1.86. The van der Waals surface area contributed by atoms with Crippen molar-refractivity contribution in [1.82, 2.24) is 5.32 Å². The molecule has 94 valence electrons. The summed E-state index contributed by atoms with van der Waals surface area (Å²) >= 11 is 6.21. The molecule has 3 heteroatoms. The van der Waals surface area contributed by atoms with Crippen molar-refractivity contribution < 1.29 is 4.74 Å². The van der Waals surface area contributed by atoms with Crippen LogP contribution >= 0.6 is 11.6 Å². The van der Waals surface area contributed by atoms with Gasteiger partial charge in [0.05, 0.1) is 0 Å². The molecular weight excluding hydrogens is 246 g/mol. The fourth-order valence-electron chi connectivity index (χ4n) is 1.62. The van der Waals surface area contributed by atoms with Gasteiger partial charge in [-0.2, -0.15) is 0 Å². The Morgan fingerprint density at radius 3 is 2.50 bits per heavy atom. The molecule has 0 radical (unpaired) electrons. The quantitative estimate of drug-likeness (QED) is 0.869. The molecule has 0 aromatic heterocycles. The standard InChI is InChI=1S/C15H16ClNO/c1-2-17-11-12-8-9-14(10-15(12)16)18-13-6-4-3-5-7-13/h3-10,17H,2,11H2,1H3. The molecule has 0 aliphatic carbocycles. The largest absolute Gasteiger partial charge is 0.457 e. The van der Waals surface area contributed by atoms with Crippen molar-refractivity contribution in [2.45, 2.75) is 13.5 Å². The van der Waals surface area contributed by atoms with Gasteiger partial charge in [0.15, 0.2) is 0 Å². The summed E-state index contributed by atoms with van der Waals surface area (Å²) in [7, 11) is 0. The lowest BCUT2D eigenvalue weighted by atomic mass is 10.2. The predicted octanol–water partition coefficient (Wildman–Crippen LogP) is 4.24. The maximum Gasteiger partial charge on any atom is 0.128 e. The van der Waals surface area contributed by atoms with E-state index >= 15 is 0 Å². The molecule has 0 saturated heterocycles. The summed E-state index contributed by atoms with van der Waals surface area (Å²) in [5, 5.41) is 3.98. The van der Waals surface area contributed by atoms with Gasteiger partial charge in [-0.05, 0) is 36.4 Å². The van der Waals surface area contributed by atoms with E-state index in [2.05, 4.69) is 12.2 Å². The third-order valence-electron chi connectivity index (χ3n) is 2.57. The van der Waals surface area contributed by atoms with Gasteiger partial charge in [0.25, 0.3) is 0 Å². The Bertz CT molecular complexity index is 499. The summed E-state index contributed by atoms with van der Waals surface area (Å²) in [6.07, 6.45) is 0. The van der Waals surface area contributed by atoms with Crippen molar-refractivity contribution in [3.63, 3.8) is 0 Å². The zero-order valence-electron chi connectivity index (χ0n) is 10.3. The number of para-hydroxylation sites is 1. The molecule has 1 N–H and O–H groups in total. The van der Waals surface area contributed by atoms with Gasteiger partial charge in [-0.25, -0.2) is 0 Å². The number of rotatable bonds is 5. The molecule has 18 heavy (non-hydrogen) atoms. The van der Waals surface area contributed by atoms with Crippen LogP contribution in [0.3, 0.4) is 0 Å². The van der Waals surface area contributed by atoms with Crippen LogP contribution in [-0.4, -0.2) is 6.54 Å². The topological polar surface area (TPSA) is 21.3 Å². The van der Waals surface area contributed by atoms with Crippen LogP contribution in [0.15, 0.2) is 48.5 Å². The van der Waals surface area contributed by atoms with E-state index in [1.165, 1.54) is 0 Å². The molecule has 0 aliphatic rings. The van der Waals surface area contributed by atoms with E-state index in [9.17, 15) is 0 Å². The lowest BCUT2D eigenvalue weighted by molar-refractivity contribution is 0.482. The van der Waals surface area contributed by atoms with Gasteiger partial charge in [0.2, 0.25) is 0 Å². The van der Waals surface area contributed by atoms with Gasteiger partial charge in [0.1, 0.15) is 11.5 Å². The van der Waals surface area contributed by atoms with Gasteiger partial charge >= 0.3 is 0 Å². The molecule has 0 heterocycles. The third-order valence-corrected chi connectivity index (χ3v) is 2.92. The number of hydrogen-bond acceptors (Lipinski definition) is 2. The van der Waals surface area contributed by atoms with Gasteiger partial charge in [-0.15, -0.1) is 0 Å². The van der Waals surface area contributed by atoms with Gasteiger partial charge in [-0.3, -0.25) is 0 Å². The zero-order chi connectivity index (χ0) is 12.8. The van der Waals surface area contributed by atoms with E-state index in [4.69, 9.17) is 16.3 Å². The molecule has 0 atom stereocenters. The van der Waals surface area contributed by atoms with Crippen molar-refractivity contribution in [2.75, 3.05) is 6.54 Å². The van der Waals surface area contributed by atoms with Gasteiger partial charge < -0.3 is 10.1 Å². The minimum absolute atomic E-state index is 0.726. The summed E-state index contributed by atoms with van der Waals surface area (Å²) in [4.78, 5) is 0. The van der Waals surface area contributed by atoms with Crippen LogP contribution in [0.4, 0.5) is 0 Å². The molecule has 0 bridgehead atoms. The van der Waals surface area contributed by atoms with Crippen LogP contribution in [0.25, 0.3) is 0 Å². The monoisotopic (exact) mass is 261 g/mol. The van der Waals surface area contributed by atoms with Crippen LogP contribution in [0.5, 0.6) is 11.5 Å². The normalized spacial score (nSPS) is 10.3. The van der Waals surface area contributed by atoms with Crippen LogP contribution in [0.2, 0.25) is 5.02 Å². The van der Waals surface area contributed by atoms with Gasteiger partial charge in [0, 0.05) is 11.6 Å². The number of ether oxygens (including phenoxy) is 1. The first-order valence-electron chi connectivity index (χ1n) is 6.01. The van der Waals surface area contributed by atoms with Crippen molar-refractivity contribution in [1.29, 1.82) is 0 Å². The Morgan fingerprint density at radius 1 is 1.06 bits per heavy atom. The molecule has 0 amide bonds. The maximum atomic E-state index is 6.21. The Hall–Kier alpha value is -1.51. The smallest absolute Gasteiger partial charge is 0.128 e. The predicted molar refractivity (Wildman–Crippen MR) is 75.3 cm³/mol. The van der Waals surface area contributed by atoms with E-state index in [1.807, 2.05) is 48.5 Å². The molecule has 2 aromatic carbocycles. The minimum atomic E-state index is 0.726. The second-order valence-electron chi connectivity index (χ2n) is 3.95. The Kier molecular flexibility index (Phi) is 4.62. The lowest BCUT2D eigenvalue weighted by Crippen LogP contribution is -2.11. The first-order chi connectivity index (χ1) is 8.79. The first kappa shape index (κ1) is 12.9. The lowest BCUT2D eigenvalue weighted by Gasteiger charge is -2.09. The summed E-state index contributed by atoms with van der Waals surface area (Å²) in [5.41, 5.74) is 1.08. The molecule has 2 nitrogen and oxygen atoms in total. The number of halogens is 1. The SMILES string of the molecule is CCNCc1ccc(Oc2ccccc2)cc1Cl. The van der Waals surface area contributed by atoms with Crippen molar-refractivity contribution in [3.8, 4) is 11.5 Å². The van der Waals surface area contributed by atoms with Crippen molar-refractivity contribution in [2.24, 2.45) is 0 Å². The van der Waals surface area contributed by atoms with E-state index in [-0.39, 0.29) is 0 Å². The Balaban J connectivity index is 2.09. The first-order valence-corrected chi connectivity index (χ1v) is 6.39. The van der Waals surface area contributed by atoms with Crippen molar-refractivity contribution in [3.05, 3.63) is 59.1 Å². The molecule has 0 saturated carbocycles. The molecule has 0 spiro atoms. The highest BCUT2D eigenvalue weighted by Crippen LogP contribution is 2.26. The summed E-state index contributed by atoms with van der Waals surface area (Å²) in [6.45, 7) is 3.78. The summed E-state index contributed by atoms with van der Waals surface area (Å²) in [6, 6.07) is 15.4. The van der Waals surface area contributed by atoms with Crippen LogP contribution < -0.4 is 10.1 Å². The Labute approximate surface area is 113 Å². The fraction of sp³-hybridized carbons (Fsp3) is 0.200. The molecule has 2 aromatic rings. The third kappa shape index (κ3) is 3.49. The molecular formula is C15H16ClNO. The summed E-state index contributed by atoms with van der Waals surface area (Å²) < 4.78 is 5.71. The summed E-state index contributed by atoms with van der Waals surface area (Å²) in [5.74, 6) is 1.57. The highest BCUT2D eigenvalue weighted by atomic mass is 35.5. The average molecular weight is 262 g/mol.